The quantitative estimate of drug-likeness (QED) is 0.223. The van der Waals surface area contributed by atoms with Crippen LogP contribution in [-0.4, -0.2) is 45.7 Å². The molecule has 2 aromatic carbocycles. The zero-order chi connectivity index (χ0) is 28.9. The first-order chi connectivity index (χ1) is 19.1. The molecule has 0 radical (unpaired) electrons. The van der Waals surface area contributed by atoms with Gasteiger partial charge in [-0.15, -0.1) is 0 Å². The van der Waals surface area contributed by atoms with Crippen LogP contribution in [0.25, 0.3) is 0 Å². The Bertz CT molecular complexity index is 1300. The number of carbonyl (C=O) groups excluding carboxylic acids is 2. The summed E-state index contributed by atoms with van der Waals surface area (Å²) >= 11 is 12.6. The van der Waals surface area contributed by atoms with Crippen LogP contribution >= 0.6 is 23.2 Å². The molecule has 2 aromatic rings. The highest BCUT2D eigenvalue weighted by atomic mass is 35.5. The van der Waals surface area contributed by atoms with Crippen LogP contribution in [-0.2, 0) is 9.59 Å². The lowest BCUT2D eigenvalue weighted by Crippen LogP contribution is -2.50. The lowest BCUT2D eigenvalue weighted by atomic mass is 9.84. The Kier molecular flexibility index (Phi) is 9.69. The fourth-order valence-electron chi connectivity index (χ4n) is 5.64. The molecule has 40 heavy (non-hydrogen) atoms. The number of aliphatic imine (C=N–C) groups is 1. The van der Waals surface area contributed by atoms with E-state index in [0.29, 0.717) is 39.7 Å². The molecule has 9 heteroatoms. The van der Waals surface area contributed by atoms with Crippen molar-refractivity contribution in [3.63, 3.8) is 0 Å². The third-order valence-corrected chi connectivity index (χ3v) is 7.90. The monoisotopic (exact) mass is 583 g/mol. The maximum absolute atomic E-state index is 14.3. The van der Waals surface area contributed by atoms with E-state index in [1.807, 2.05) is 17.0 Å². The summed E-state index contributed by atoms with van der Waals surface area (Å²) in [5, 5.41) is 12.4. The molecule has 2 N–H and O–H groups in total. The molecule has 0 bridgehead atoms. The lowest BCUT2D eigenvalue weighted by Gasteiger charge is -2.44. The van der Waals surface area contributed by atoms with Gasteiger partial charge in [0.25, 0.3) is 11.8 Å². The number of hydrogen-bond donors (Lipinski definition) is 2. The van der Waals surface area contributed by atoms with Gasteiger partial charge in [-0.05, 0) is 54.7 Å². The number of carboxylic acids is 1. The molecule has 1 heterocycles. The summed E-state index contributed by atoms with van der Waals surface area (Å²) < 4.78 is 0. The highest BCUT2D eigenvalue weighted by molar-refractivity contribution is 6.47. The Balaban J connectivity index is 1.71. The minimum absolute atomic E-state index is 0.0553. The second-order valence-corrected chi connectivity index (χ2v) is 11.5. The zero-order valence-corrected chi connectivity index (χ0v) is 24.3. The van der Waals surface area contributed by atoms with Crippen molar-refractivity contribution < 1.29 is 19.5 Å². The third-order valence-electron chi connectivity index (χ3n) is 7.46. The number of nitrogens with one attached hydrogen (secondary N) is 1. The molecule has 0 saturated carbocycles. The molecule has 1 aliphatic heterocycles. The number of allylic oxidation sites excluding steroid dienone is 1. The standard InChI is InChI=1S/C31H35Cl2N3O4/c1-3-4-5-8-26(21-9-11-22(12-10-21)29(39)34-15-13-27(37)38)36-30(40)28(23-16-24(32)18-25(33)17-23)35-31(36)14-6-7-20(2)19-31/h6-7,9-12,16-18,20,26H,3-5,8,13-15,19H2,1-2H3,(H,34,39)(H,37,38)/t20?,26-,31?/m1/s1. The molecule has 7 nitrogen and oxygen atoms in total. The number of aliphatic carboxylic acids is 1. The average Bonchev–Trinajstić information content (AvgIpc) is 3.16. The Morgan fingerprint density at radius 1 is 1.15 bits per heavy atom. The average molecular weight is 585 g/mol. The SMILES string of the molecule is CCCCC[C@H](c1ccc(C(=O)NCCC(=O)O)cc1)N1C(=O)C(c2cc(Cl)cc(Cl)c2)=NC12CC=CC(C)C2. The van der Waals surface area contributed by atoms with E-state index in [1.54, 1.807) is 30.3 Å². The minimum Gasteiger partial charge on any atom is -0.481 e. The Hall–Kier alpha value is -3.16. The summed E-state index contributed by atoms with van der Waals surface area (Å²) in [5.74, 6) is -1.22. The summed E-state index contributed by atoms with van der Waals surface area (Å²) in [5.41, 5.74) is 1.59. The van der Waals surface area contributed by atoms with Crippen molar-refractivity contribution in [2.75, 3.05) is 6.54 Å². The summed E-state index contributed by atoms with van der Waals surface area (Å²) in [7, 11) is 0. The van der Waals surface area contributed by atoms with Gasteiger partial charge in [0.2, 0.25) is 0 Å². The lowest BCUT2D eigenvalue weighted by molar-refractivity contribution is -0.137. The molecule has 0 aromatic heterocycles. The van der Waals surface area contributed by atoms with Crippen LogP contribution in [0.4, 0.5) is 0 Å². The van der Waals surface area contributed by atoms with E-state index in [4.69, 9.17) is 33.3 Å². The van der Waals surface area contributed by atoms with Crippen LogP contribution in [0, 0.1) is 5.92 Å². The summed E-state index contributed by atoms with van der Waals surface area (Å²) in [6, 6.07) is 12.1. The molecule has 3 atom stereocenters. The molecule has 4 rings (SSSR count). The van der Waals surface area contributed by atoms with Gasteiger partial charge in [-0.3, -0.25) is 19.4 Å². The predicted octanol–water partition coefficient (Wildman–Crippen LogP) is 6.83. The van der Waals surface area contributed by atoms with Gasteiger partial charge in [0, 0.05) is 34.1 Å². The van der Waals surface area contributed by atoms with Crippen LogP contribution in [0.3, 0.4) is 0 Å². The van der Waals surface area contributed by atoms with Crippen molar-refractivity contribution in [2.45, 2.75) is 70.5 Å². The number of hydrogen-bond acceptors (Lipinski definition) is 4. The summed E-state index contributed by atoms with van der Waals surface area (Å²) in [4.78, 5) is 44.7. The number of benzene rings is 2. The molecular weight excluding hydrogens is 549 g/mol. The van der Waals surface area contributed by atoms with E-state index in [-0.39, 0.29) is 36.7 Å². The molecule has 0 saturated heterocycles. The van der Waals surface area contributed by atoms with Crippen molar-refractivity contribution in [3.05, 3.63) is 81.4 Å². The zero-order valence-electron chi connectivity index (χ0n) is 22.8. The molecule has 1 spiro atoms. The second kappa shape index (κ2) is 13.0. The first-order valence-electron chi connectivity index (χ1n) is 13.8. The number of rotatable bonds is 11. The molecule has 1 aliphatic carbocycles. The van der Waals surface area contributed by atoms with Gasteiger partial charge in [0.05, 0.1) is 12.5 Å². The van der Waals surface area contributed by atoms with E-state index >= 15 is 0 Å². The maximum Gasteiger partial charge on any atom is 0.305 e. The number of carboxylic acid groups (broad SMARTS) is 1. The second-order valence-electron chi connectivity index (χ2n) is 10.6. The predicted molar refractivity (Wildman–Crippen MR) is 158 cm³/mol. The fraction of sp³-hybridized carbons (Fsp3) is 0.419. The van der Waals surface area contributed by atoms with Gasteiger partial charge in [-0.1, -0.05) is 80.6 Å². The van der Waals surface area contributed by atoms with E-state index in [1.165, 1.54) is 0 Å². The van der Waals surface area contributed by atoms with Crippen LogP contribution in [0.2, 0.25) is 10.0 Å². The van der Waals surface area contributed by atoms with Crippen LogP contribution in [0.15, 0.2) is 59.6 Å². The summed E-state index contributed by atoms with van der Waals surface area (Å²) in [6.07, 6.45) is 9.20. The van der Waals surface area contributed by atoms with Gasteiger partial charge >= 0.3 is 5.97 Å². The number of halogens is 2. The molecule has 212 valence electrons. The van der Waals surface area contributed by atoms with Crippen molar-refractivity contribution in [2.24, 2.45) is 10.9 Å². The first-order valence-corrected chi connectivity index (χ1v) is 14.6. The Labute approximate surface area is 245 Å². The number of amides is 2. The van der Waals surface area contributed by atoms with E-state index < -0.39 is 11.6 Å². The van der Waals surface area contributed by atoms with E-state index in [0.717, 1.165) is 31.2 Å². The van der Waals surface area contributed by atoms with Gasteiger partial charge in [-0.25, -0.2) is 0 Å². The number of unbranched alkanes of at least 4 members (excludes halogenated alkanes) is 2. The van der Waals surface area contributed by atoms with E-state index in [9.17, 15) is 14.4 Å². The molecule has 2 unspecified atom stereocenters. The van der Waals surface area contributed by atoms with Crippen molar-refractivity contribution in [3.8, 4) is 0 Å². The molecule has 2 amide bonds. The van der Waals surface area contributed by atoms with Gasteiger partial charge in [0.15, 0.2) is 0 Å². The highest BCUT2D eigenvalue weighted by Gasteiger charge is 2.51. The maximum atomic E-state index is 14.3. The molecular formula is C31H35Cl2N3O4. The van der Waals surface area contributed by atoms with Crippen LogP contribution in [0.1, 0.15) is 86.3 Å². The smallest absolute Gasteiger partial charge is 0.305 e. The van der Waals surface area contributed by atoms with Crippen molar-refractivity contribution >= 4 is 46.7 Å². The number of carbonyl (C=O) groups is 3. The first kappa shape index (κ1) is 29.8. The summed E-state index contributed by atoms with van der Waals surface area (Å²) in [6.45, 7) is 4.33. The number of nitrogens with zero attached hydrogens (tertiary/aromatic N) is 2. The van der Waals surface area contributed by atoms with Crippen LogP contribution < -0.4 is 5.32 Å². The van der Waals surface area contributed by atoms with Gasteiger partial charge < -0.3 is 15.3 Å². The Morgan fingerprint density at radius 3 is 2.48 bits per heavy atom. The Morgan fingerprint density at radius 2 is 1.85 bits per heavy atom. The minimum atomic E-state index is -0.969. The largest absolute Gasteiger partial charge is 0.481 e. The highest BCUT2D eigenvalue weighted by Crippen LogP contribution is 2.45. The van der Waals surface area contributed by atoms with Crippen molar-refractivity contribution in [1.29, 1.82) is 0 Å². The van der Waals surface area contributed by atoms with E-state index in [2.05, 4.69) is 31.3 Å². The normalized spacial score (nSPS) is 21.0. The fourth-order valence-corrected chi connectivity index (χ4v) is 6.17. The van der Waals surface area contributed by atoms with Crippen molar-refractivity contribution in [1.82, 2.24) is 10.2 Å². The van der Waals surface area contributed by atoms with Gasteiger partial charge in [-0.2, -0.15) is 0 Å². The molecule has 0 fully saturated rings. The molecule has 2 aliphatic rings. The van der Waals surface area contributed by atoms with Crippen LogP contribution in [0.5, 0.6) is 0 Å². The third kappa shape index (κ3) is 6.76. The van der Waals surface area contributed by atoms with Gasteiger partial charge in [0.1, 0.15) is 11.4 Å². The topological polar surface area (TPSA) is 99.1 Å².